The summed E-state index contributed by atoms with van der Waals surface area (Å²) in [4.78, 5) is 15.0. The van der Waals surface area contributed by atoms with Gasteiger partial charge >= 0.3 is 0 Å². The minimum atomic E-state index is 0.338. The highest BCUT2D eigenvalue weighted by atomic mass is 16.5. The van der Waals surface area contributed by atoms with Crippen molar-refractivity contribution in [3.8, 4) is 17.3 Å². The zero-order valence-corrected chi connectivity index (χ0v) is 14.0. The van der Waals surface area contributed by atoms with Crippen molar-refractivity contribution in [1.82, 2.24) is 29.9 Å². The maximum atomic E-state index is 5.17. The summed E-state index contributed by atoms with van der Waals surface area (Å²) in [6, 6.07) is 8.00. The van der Waals surface area contributed by atoms with Gasteiger partial charge in [-0.25, -0.2) is 14.6 Å². The van der Waals surface area contributed by atoms with Crippen molar-refractivity contribution in [3.63, 3.8) is 0 Å². The number of piperidine rings is 1. The lowest BCUT2D eigenvalue weighted by atomic mass is 10.1. The van der Waals surface area contributed by atoms with Crippen molar-refractivity contribution < 1.29 is 4.74 Å². The fourth-order valence-corrected chi connectivity index (χ4v) is 3.06. The van der Waals surface area contributed by atoms with Crippen LogP contribution in [0.1, 0.15) is 18.9 Å². The van der Waals surface area contributed by atoms with E-state index in [4.69, 9.17) is 4.74 Å². The van der Waals surface area contributed by atoms with Crippen LogP contribution >= 0.6 is 0 Å². The summed E-state index contributed by atoms with van der Waals surface area (Å²) in [5.41, 5.74) is 1.66. The van der Waals surface area contributed by atoms with Gasteiger partial charge < -0.3 is 9.64 Å². The van der Waals surface area contributed by atoms with E-state index in [1.54, 1.807) is 13.3 Å². The maximum Gasteiger partial charge on any atom is 0.218 e. The predicted octanol–water partition coefficient (Wildman–Crippen LogP) is 1.98. The molecular weight excluding hydrogens is 318 g/mol. The van der Waals surface area contributed by atoms with Crippen LogP contribution in [0.25, 0.3) is 11.4 Å². The molecule has 0 spiro atoms. The van der Waals surface area contributed by atoms with Crippen molar-refractivity contribution in [1.29, 1.82) is 0 Å². The molecule has 1 aliphatic heterocycles. The fraction of sp³-hybridized carbons (Fsp3) is 0.353. The van der Waals surface area contributed by atoms with Crippen LogP contribution in [0.3, 0.4) is 0 Å². The molecule has 25 heavy (non-hydrogen) atoms. The molecule has 128 valence electrons. The average Bonchev–Trinajstić information content (AvgIpc) is 3.19. The van der Waals surface area contributed by atoms with E-state index in [-0.39, 0.29) is 0 Å². The molecule has 0 unspecified atom stereocenters. The van der Waals surface area contributed by atoms with Gasteiger partial charge in [0.05, 0.1) is 25.0 Å². The highest BCUT2D eigenvalue weighted by Crippen LogP contribution is 2.26. The molecule has 0 bridgehead atoms. The Labute approximate surface area is 145 Å². The summed E-state index contributed by atoms with van der Waals surface area (Å²) in [6.45, 7) is 1.81. The topological polar surface area (TPSA) is 81.9 Å². The first-order valence-corrected chi connectivity index (χ1v) is 8.28. The van der Waals surface area contributed by atoms with Gasteiger partial charge in [-0.05, 0) is 25.0 Å². The molecule has 3 aromatic rings. The van der Waals surface area contributed by atoms with E-state index >= 15 is 0 Å². The Bertz CT molecular complexity index is 828. The van der Waals surface area contributed by atoms with Crippen LogP contribution in [0.15, 0.2) is 43.0 Å². The molecule has 8 heteroatoms. The second-order valence-corrected chi connectivity index (χ2v) is 5.94. The van der Waals surface area contributed by atoms with E-state index in [2.05, 4.69) is 30.2 Å². The normalized spacial score (nSPS) is 15.3. The van der Waals surface area contributed by atoms with Gasteiger partial charge in [0.2, 0.25) is 5.88 Å². The van der Waals surface area contributed by atoms with Gasteiger partial charge in [-0.3, -0.25) is 4.98 Å². The van der Waals surface area contributed by atoms with Gasteiger partial charge in [-0.1, -0.05) is 11.3 Å². The molecule has 3 aromatic heterocycles. The van der Waals surface area contributed by atoms with Gasteiger partial charge in [-0.2, -0.15) is 0 Å². The van der Waals surface area contributed by atoms with Crippen LogP contribution in [0.5, 0.6) is 5.88 Å². The first kappa shape index (κ1) is 15.5. The second-order valence-electron chi connectivity index (χ2n) is 5.94. The van der Waals surface area contributed by atoms with Gasteiger partial charge in [0, 0.05) is 25.4 Å². The highest BCUT2D eigenvalue weighted by molar-refractivity contribution is 5.51. The summed E-state index contributed by atoms with van der Waals surface area (Å²) in [6.07, 6.45) is 7.25. The van der Waals surface area contributed by atoms with Crippen LogP contribution < -0.4 is 9.64 Å². The predicted molar refractivity (Wildman–Crippen MR) is 92.3 cm³/mol. The molecule has 4 heterocycles. The number of nitrogens with zero attached hydrogens (tertiary/aromatic N) is 7. The molecule has 4 rings (SSSR count). The summed E-state index contributed by atoms with van der Waals surface area (Å²) in [7, 11) is 1.61. The third-order valence-electron chi connectivity index (χ3n) is 4.44. The van der Waals surface area contributed by atoms with Gasteiger partial charge in [-0.15, -0.1) is 5.10 Å². The monoisotopic (exact) mass is 337 g/mol. The van der Waals surface area contributed by atoms with E-state index in [1.807, 2.05) is 35.1 Å². The van der Waals surface area contributed by atoms with Crippen molar-refractivity contribution in [3.05, 3.63) is 43.0 Å². The molecule has 1 saturated heterocycles. The third kappa shape index (κ3) is 3.28. The Morgan fingerprint density at radius 2 is 1.96 bits per heavy atom. The molecular formula is C17H19N7O. The molecule has 0 N–H and O–H groups in total. The molecule has 0 atom stereocenters. The lowest BCUT2D eigenvalue weighted by Gasteiger charge is -2.32. The first-order chi connectivity index (χ1) is 12.3. The van der Waals surface area contributed by atoms with E-state index in [0.717, 1.165) is 43.1 Å². The molecule has 0 saturated carbocycles. The maximum absolute atomic E-state index is 5.17. The Kier molecular flexibility index (Phi) is 4.24. The number of pyridine rings is 1. The quantitative estimate of drug-likeness (QED) is 0.720. The third-order valence-corrected chi connectivity index (χ3v) is 4.44. The highest BCUT2D eigenvalue weighted by Gasteiger charge is 2.23. The molecule has 0 amide bonds. The van der Waals surface area contributed by atoms with E-state index < -0.39 is 0 Å². The Morgan fingerprint density at radius 3 is 2.72 bits per heavy atom. The lowest BCUT2D eigenvalue weighted by molar-refractivity contribution is 0.358. The van der Waals surface area contributed by atoms with Gasteiger partial charge in [0.15, 0.2) is 0 Å². The van der Waals surface area contributed by atoms with E-state index in [9.17, 15) is 0 Å². The molecule has 0 radical (unpaired) electrons. The fourth-order valence-electron chi connectivity index (χ4n) is 3.06. The summed E-state index contributed by atoms with van der Waals surface area (Å²) < 4.78 is 7.14. The number of aromatic nitrogens is 6. The summed E-state index contributed by atoms with van der Waals surface area (Å²) in [5.74, 6) is 1.49. The average molecular weight is 337 g/mol. The standard InChI is InChI=1S/C17H19N7O/c1-25-17-10-16(19-12-20-17)23-8-5-13(6-9-23)24-11-15(21-22-24)14-4-2-3-7-18-14/h2-4,7,10-13H,5-6,8-9H2,1H3. The van der Waals surface area contributed by atoms with Crippen molar-refractivity contribution in [2.75, 3.05) is 25.1 Å². The minimum absolute atomic E-state index is 0.338. The van der Waals surface area contributed by atoms with Crippen molar-refractivity contribution in [2.24, 2.45) is 0 Å². The number of anilines is 1. The Balaban J connectivity index is 1.43. The largest absolute Gasteiger partial charge is 0.481 e. The number of hydrogen-bond acceptors (Lipinski definition) is 7. The van der Waals surface area contributed by atoms with E-state index in [1.165, 1.54) is 6.33 Å². The summed E-state index contributed by atoms with van der Waals surface area (Å²) >= 11 is 0. The zero-order valence-electron chi connectivity index (χ0n) is 14.0. The smallest absolute Gasteiger partial charge is 0.218 e. The molecule has 1 fully saturated rings. The summed E-state index contributed by atoms with van der Waals surface area (Å²) in [5, 5.41) is 8.57. The molecule has 0 aromatic carbocycles. The minimum Gasteiger partial charge on any atom is -0.481 e. The lowest BCUT2D eigenvalue weighted by Crippen LogP contribution is -2.35. The number of ether oxygens (including phenoxy) is 1. The molecule has 8 nitrogen and oxygen atoms in total. The molecule has 1 aliphatic rings. The SMILES string of the molecule is COc1cc(N2CCC(n3cc(-c4ccccn4)nn3)CC2)ncn1. The number of rotatable bonds is 4. The second kappa shape index (κ2) is 6.84. The zero-order chi connectivity index (χ0) is 17.1. The van der Waals surface area contributed by atoms with Gasteiger partial charge in [0.1, 0.15) is 17.8 Å². The van der Waals surface area contributed by atoms with Crippen LogP contribution in [0.4, 0.5) is 5.82 Å². The van der Waals surface area contributed by atoms with Crippen LogP contribution in [0, 0.1) is 0 Å². The van der Waals surface area contributed by atoms with Crippen LogP contribution in [-0.2, 0) is 0 Å². The Morgan fingerprint density at radius 1 is 1.08 bits per heavy atom. The van der Waals surface area contributed by atoms with Gasteiger partial charge in [0.25, 0.3) is 0 Å². The first-order valence-electron chi connectivity index (χ1n) is 8.28. The number of hydrogen-bond donors (Lipinski definition) is 0. The Hall–Kier alpha value is -3.03. The van der Waals surface area contributed by atoms with Crippen LogP contribution in [0.2, 0.25) is 0 Å². The number of methoxy groups -OCH3 is 1. The van der Waals surface area contributed by atoms with Crippen LogP contribution in [-0.4, -0.2) is 50.1 Å². The molecule has 0 aliphatic carbocycles. The van der Waals surface area contributed by atoms with Crippen molar-refractivity contribution >= 4 is 5.82 Å². The van der Waals surface area contributed by atoms with Crippen molar-refractivity contribution in [2.45, 2.75) is 18.9 Å². The van der Waals surface area contributed by atoms with E-state index in [0.29, 0.717) is 11.9 Å².